The Morgan fingerprint density at radius 3 is 1.88 bits per heavy atom. The van der Waals surface area contributed by atoms with Gasteiger partial charge in [0, 0.05) is 17.5 Å². The molecular formula is C26H31N5O3. The highest BCUT2D eigenvalue weighted by Gasteiger charge is 2.14. The van der Waals surface area contributed by atoms with E-state index in [1.165, 1.54) is 18.7 Å². The molecule has 0 aliphatic heterocycles. The van der Waals surface area contributed by atoms with Crippen LogP contribution in [-0.2, 0) is 14.9 Å². The van der Waals surface area contributed by atoms with Gasteiger partial charge in [-0.15, -0.1) is 0 Å². The smallest absolute Gasteiger partial charge is 0.330 e. The van der Waals surface area contributed by atoms with E-state index in [4.69, 9.17) is 4.74 Å². The molecule has 1 heterocycles. The standard InChI is InChI=1S/C26H31N5O3/c1-17(2)34-25-30-23(27-20-12-7-18(8-13-20)9-16-22(32)33-6)29-24(31-25)28-21-14-10-19(11-15-21)26(3,4)5/h7-17H,1-6H3,(H2,27,28,29,30,31). The molecule has 3 aromatic rings. The van der Waals surface area contributed by atoms with Gasteiger partial charge < -0.3 is 20.1 Å². The highest BCUT2D eigenvalue weighted by atomic mass is 16.5. The van der Waals surface area contributed by atoms with Crippen molar-refractivity contribution in [2.24, 2.45) is 0 Å². The number of methoxy groups -OCH3 is 1. The van der Waals surface area contributed by atoms with Gasteiger partial charge in [0.25, 0.3) is 0 Å². The quantitative estimate of drug-likeness (QED) is 0.329. The lowest BCUT2D eigenvalue weighted by Crippen LogP contribution is -2.12. The Morgan fingerprint density at radius 1 is 0.882 bits per heavy atom. The normalized spacial score (nSPS) is 11.5. The molecule has 2 aromatic carbocycles. The Kier molecular flexibility index (Phi) is 7.83. The van der Waals surface area contributed by atoms with Gasteiger partial charge in [-0.25, -0.2) is 4.79 Å². The second-order valence-corrected chi connectivity index (χ2v) is 8.99. The Bertz CT molecular complexity index is 1130. The second-order valence-electron chi connectivity index (χ2n) is 8.99. The number of anilines is 4. The third-order valence-corrected chi connectivity index (χ3v) is 4.74. The van der Waals surface area contributed by atoms with Crippen molar-refractivity contribution in [2.45, 2.75) is 46.1 Å². The Labute approximate surface area is 200 Å². The number of aromatic nitrogens is 3. The zero-order valence-electron chi connectivity index (χ0n) is 20.4. The second kappa shape index (κ2) is 10.8. The summed E-state index contributed by atoms with van der Waals surface area (Å²) in [6.07, 6.45) is 2.96. The zero-order chi connectivity index (χ0) is 24.7. The van der Waals surface area contributed by atoms with Crippen LogP contribution in [0.25, 0.3) is 6.08 Å². The molecule has 0 aliphatic carbocycles. The van der Waals surface area contributed by atoms with Gasteiger partial charge in [-0.1, -0.05) is 45.0 Å². The molecule has 0 atom stereocenters. The van der Waals surface area contributed by atoms with Crippen molar-refractivity contribution in [1.82, 2.24) is 15.0 Å². The molecule has 0 bridgehead atoms. The first-order valence-corrected chi connectivity index (χ1v) is 11.1. The first-order chi connectivity index (χ1) is 16.1. The molecule has 0 saturated carbocycles. The molecule has 0 radical (unpaired) electrons. The van der Waals surface area contributed by atoms with Crippen LogP contribution in [0.5, 0.6) is 6.01 Å². The molecule has 0 fully saturated rings. The van der Waals surface area contributed by atoms with Crippen LogP contribution in [0.3, 0.4) is 0 Å². The fraction of sp³-hybridized carbons (Fsp3) is 0.308. The van der Waals surface area contributed by atoms with E-state index in [1.54, 1.807) is 6.08 Å². The molecule has 0 saturated heterocycles. The van der Waals surface area contributed by atoms with Gasteiger partial charge in [0.2, 0.25) is 11.9 Å². The summed E-state index contributed by atoms with van der Waals surface area (Å²) >= 11 is 0. The highest BCUT2D eigenvalue weighted by Crippen LogP contribution is 2.25. The third-order valence-electron chi connectivity index (χ3n) is 4.74. The van der Waals surface area contributed by atoms with E-state index in [0.717, 1.165) is 16.9 Å². The van der Waals surface area contributed by atoms with Crippen molar-refractivity contribution < 1.29 is 14.3 Å². The maximum absolute atomic E-state index is 11.3. The van der Waals surface area contributed by atoms with Gasteiger partial charge in [-0.3, -0.25) is 0 Å². The predicted molar refractivity (Wildman–Crippen MR) is 135 cm³/mol. The van der Waals surface area contributed by atoms with Gasteiger partial charge in [0.05, 0.1) is 13.2 Å². The molecule has 1 aromatic heterocycles. The summed E-state index contributed by atoms with van der Waals surface area (Å²) in [6, 6.07) is 15.9. The Hall–Kier alpha value is -3.94. The van der Waals surface area contributed by atoms with Crippen LogP contribution < -0.4 is 15.4 Å². The summed E-state index contributed by atoms with van der Waals surface area (Å²) < 4.78 is 10.3. The lowest BCUT2D eigenvalue weighted by atomic mass is 9.87. The van der Waals surface area contributed by atoms with Crippen molar-refractivity contribution in [2.75, 3.05) is 17.7 Å². The molecule has 8 heteroatoms. The molecule has 0 spiro atoms. The number of nitrogens with one attached hydrogen (secondary N) is 2. The SMILES string of the molecule is COC(=O)C=Cc1ccc(Nc2nc(Nc3ccc(C(C)(C)C)cc3)nc(OC(C)C)n2)cc1. The van der Waals surface area contributed by atoms with Crippen molar-refractivity contribution in [3.8, 4) is 6.01 Å². The lowest BCUT2D eigenvalue weighted by Gasteiger charge is -2.19. The van der Waals surface area contributed by atoms with Crippen LogP contribution in [0.4, 0.5) is 23.3 Å². The number of rotatable bonds is 8. The van der Waals surface area contributed by atoms with Gasteiger partial charge in [-0.05, 0) is 60.7 Å². The number of carbonyl (C=O) groups is 1. The van der Waals surface area contributed by atoms with Crippen LogP contribution in [0.15, 0.2) is 54.6 Å². The Morgan fingerprint density at radius 2 is 1.41 bits per heavy atom. The van der Waals surface area contributed by atoms with Crippen molar-refractivity contribution in [3.05, 3.63) is 65.7 Å². The van der Waals surface area contributed by atoms with Crippen LogP contribution >= 0.6 is 0 Å². The monoisotopic (exact) mass is 461 g/mol. The molecule has 8 nitrogen and oxygen atoms in total. The number of carbonyl (C=O) groups excluding carboxylic acids is 1. The van der Waals surface area contributed by atoms with Gasteiger partial charge in [0.1, 0.15) is 0 Å². The topological polar surface area (TPSA) is 98.3 Å². The minimum Gasteiger partial charge on any atom is -0.466 e. The largest absolute Gasteiger partial charge is 0.466 e. The first-order valence-electron chi connectivity index (χ1n) is 11.1. The van der Waals surface area contributed by atoms with E-state index in [1.807, 2.05) is 50.2 Å². The minimum absolute atomic E-state index is 0.0751. The van der Waals surface area contributed by atoms with Gasteiger partial charge in [0.15, 0.2) is 0 Å². The summed E-state index contributed by atoms with van der Waals surface area (Å²) in [6.45, 7) is 10.4. The maximum atomic E-state index is 11.3. The number of ether oxygens (including phenoxy) is 2. The van der Waals surface area contributed by atoms with Crippen LogP contribution in [0.1, 0.15) is 45.7 Å². The molecule has 0 aliphatic rings. The molecule has 3 rings (SSSR count). The molecule has 0 unspecified atom stereocenters. The lowest BCUT2D eigenvalue weighted by molar-refractivity contribution is -0.134. The number of nitrogens with zero attached hydrogens (tertiary/aromatic N) is 3. The number of hydrogen-bond acceptors (Lipinski definition) is 8. The van der Waals surface area contributed by atoms with Crippen molar-refractivity contribution in [1.29, 1.82) is 0 Å². The van der Waals surface area contributed by atoms with Crippen LogP contribution in [0, 0.1) is 0 Å². The first kappa shape index (κ1) is 24.7. The van der Waals surface area contributed by atoms with Crippen LogP contribution in [-0.4, -0.2) is 34.1 Å². The summed E-state index contributed by atoms with van der Waals surface area (Å²) in [7, 11) is 1.34. The fourth-order valence-electron chi connectivity index (χ4n) is 2.95. The molecular weight excluding hydrogens is 430 g/mol. The maximum Gasteiger partial charge on any atom is 0.330 e. The molecule has 0 amide bonds. The van der Waals surface area contributed by atoms with E-state index in [0.29, 0.717) is 11.9 Å². The summed E-state index contributed by atoms with van der Waals surface area (Å²) in [5, 5.41) is 6.41. The fourth-order valence-corrected chi connectivity index (χ4v) is 2.95. The van der Waals surface area contributed by atoms with E-state index in [-0.39, 0.29) is 17.5 Å². The molecule has 34 heavy (non-hydrogen) atoms. The van der Waals surface area contributed by atoms with E-state index in [9.17, 15) is 4.79 Å². The number of hydrogen-bond donors (Lipinski definition) is 2. The molecule has 2 N–H and O–H groups in total. The predicted octanol–water partition coefficient (Wildman–Crippen LogP) is 5.63. The summed E-state index contributed by atoms with van der Waals surface area (Å²) in [5.41, 5.74) is 3.81. The average Bonchev–Trinajstić information content (AvgIpc) is 2.77. The van der Waals surface area contributed by atoms with E-state index in [2.05, 4.69) is 63.2 Å². The number of benzene rings is 2. The van der Waals surface area contributed by atoms with E-state index >= 15 is 0 Å². The van der Waals surface area contributed by atoms with Crippen molar-refractivity contribution in [3.63, 3.8) is 0 Å². The molecule has 178 valence electrons. The van der Waals surface area contributed by atoms with Gasteiger partial charge >= 0.3 is 12.0 Å². The summed E-state index contributed by atoms with van der Waals surface area (Å²) in [5.74, 6) is 0.310. The number of esters is 1. The van der Waals surface area contributed by atoms with Crippen LogP contribution in [0.2, 0.25) is 0 Å². The third kappa shape index (κ3) is 7.30. The average molecular weight is 462 g/mol. The summed E-state index contributed by atoms with van der Waals surface area (Å²) in [4.78, 5) is 24.5. The highest BCUT2D eigenvalue weighted by molar-refractivity contribution is 5.87. The zero-order valence-corrected chi connectivity index (χ0v) is 20.4. The van der Waals surface area contributed by atoms with E-state index < -0.39 is 5.97 Å². The van der Waals surface area contributed by atoms with Crippen molar-refractivity contribution >= 4 is 35.3 Å². The van der Waals surface area contributed by atoms with Gasteiger partial charge in [-0.2, -0.15) is 15.0 Å². The minimum atomic E-state index is -0.404. The Balaban J connectivity index is 1.80.